The average molecular weight is 286 g/mol. The molecule has 1 aliphatic heterocycles. The summed E-state index contributed by atoms with van der Waals surface area (Å²) in [4.78, 5) is 1.80. The fourth-order valence-electron chi connectivity index (χ4n) is 2.48. The lowest BCUT2D eigenvalue weighted by atomic mass is 10.0. The number of methoxy groups -OCH3 is 2. The van der Waals surface area contributed by atoms with E-state index in [0.717, 1.165) is 13.1 Å². The molecule has 0 amide bonds. The first-order valence-electron chi connectivity index (χ1n) is 6.61. The van der Waals surface area contributed by atoms with Crippen molar-refractivity contribution >= 4 is 0 Å². The van der Waals surface area contributed by atoms with Crippen molar-refractivity contribution in [3.05, 3.63) is 23.8 Å². The molecule has 0 aliphatic carbocycles. The number of benzene rings is 1. The molecule has 1 aliphatic rings. The lowest BCUT2D eigenvalue weighted by Gasteiger charge is -2.34. The van der Waals surface area contributed by atoms with Gasteiger partial charge in [-0.25, -0.2) is 8.78 Å². The maximum absolute atomic E-state index is 13.5. The van der Waals surface area contributed by atoms with E-state index in [1.54, 1.807) is 23.1 Å². The summed E-state index contributed by atoms with van der Waals surface area (Å²) in [5.74, 6) is 1.06. The summed E-state index contributed by atoms with van der Waals surface area (Å²) >= 11 is 0. The van der Waals surface area contributed by atoms with Gasteiger partial charge in [0.15, 0.2) is 0 Å². The lowest BCUT2D eigenvalue weighted by molar-refractivity contribution is 0.0180. The fourth-order valence-corrected chi connectivity index (χ4v) is 2.48. The van der Waals surface area contributed by atoms with Gasteiger partial charge in [-0.1, -0.05) is 0 Å². The third-order valence-electron chi connectivity index (χ3n) is 3.50. The van der Waals surface area contributed by atoms with Crippen molar-refractivity contribution in [1.82, 2.24) is 10.2 Å². The molecular weight excluding hydrogens is 266 g/mol. The molecule has 112 valence electrons. The number of alkyl halides is 2. The van der Waals surface area contributed by atoms with Crippen LogP contribution >= 0.6 is 0 Å². The topological polar surface area (TPSA) is 33.7 Å². The Balaban J connectivity index is 2.32. The van der Waals surface area contributed by atoms with Crippen LogP contribution in [0.15, 0.2) is 18.2 Å². The van der Waals surface area contributed by atoms with Gasteiger partial charge in [-0.05, 0) is 17.7 Å². The van der Waals surface area contributed by atoms with Crippen LogP contribution in [0.5, 0.6) is 11.5 Å². The van der Waals surface area contributed by atoms with Crippen molar-refractivity contribution in [2.45, 2.75) is 12.5 Å². The van der Waals surface area contributed by atoms with Crippen LogP contribution in [0.3, 0.4) is 0 Å². The van der Waals surface area contributed by atoms with Crippen LogP contribution in [0.25, 0.3) is 0 Å². The number of nitrogens with zero attached hydrogens (tertiary/aromatic N) is 1. The number of piperazine rings is 1. The summed E-state index contributed by atoms with van der Waals surface area (Å²) in [6.45, 7) is 2.66. The molecule has 0 aromatic heterocycles. The van der Waals surface area contributed by atoms with Gasteiger partial charge >= 0.3 is 0 Å². The van der Waals surface area contributed by atoms with Crippen LogP contribution < -0.4 is 14.8 Å². The van der Waals surface area contributed by atoms with E-state index in [0.29, 0.717) is 30.2 Å². The lowest BCUT2D eigenvalue weighted by Crippen LogP contribution is -2.46. The van der Waals surface area contributed by atoms with Gasteiger partial charge in [0.05, 0.1) is 20.3 Å². The van der Waals surface area contributed by atoms with Crippen molar-refractivity contribution in [2.24, 2.45) is 0 Å². The molecule has 0 bridgehead atoms. The van der Waals surface area contributed by atoms with E-state index in [1.165, 1.54) is 14.2 Å². The Morgan fingerprint density at radius 2 is 1.60 bits per heavy atom. The highest BCUT2D eigenvalue weighted by Crippen LogP contribution is 2.33. The maximum Gasteiger partial charge on any atom is 0.258 e. The molecule has 0 saturated carbocycles. The van der Waals surface area contributed by atoms with E-state index >= 15 is 0 Å². The maximum atomic E-state index is 13.5. The monoisotopic (exact) mass is 286 g/mol. The zero-order chi connectivity index (χ0) is 14.5. The van der Waals surface area contributed by atoms with Gasteiger partial charge in [-0.3, -0.25) is 4.90 Å². The van der Waals surface area contributed by atoms with Gasteiger partial charge in [0, 0.05) is 32.2 Å². The third kappa shape index (κ3) is 3.37. The van der Waals surface area contributed by atoms with E-state index in [1.807, 2.05) is 0 Å². The molecule has 2 rings (SSSR count). The Hall–Kier alpha value is -1.40. The highest BCUT2D eigenvalue weighted by molar-refractivity contribution is 5.40. The first-order valence-corrected chi connectivity index (χ1v) is 6.61. The van der Waals surface area contributed by atoms with Crippen molar-refractivity contribution in [3.8, 4) is 11.5 Å². The highest BCUT2D eigenvalue weighted by atomic mass is 19.3. The quantitative estimate of drug-likeness (QED) is 0.896. The molecular formula is C14H20F2N2O2. The summed E-state index contributed by atoms with van der Waals surface area (Å²) in [6.07, 6.45) is -2.45. The van der Waals surface area contributed by atoms with Crippen LogP contribution in [-0.4, -0.2) is 51.7 Å². The minimum Gasteiger partial charge on any atom is -0.497 e. The summed E-state index contributed by atoms with van der Waals surface area (Å²) in [7, 11) is 3.03. The van der Waals surface area contributed by atoms with Crippen LogP contribution in [0, 0.1) is 0 Å². The zero-order valence-corrected chi connectivity index (χ0v) is 11.7. The fraction of sp³-hybridized carbons (Fsp3) is 0.571. The highest BCUT2D eigenvalue weighted by Gasteiger charge is 2.30. The third-order valence-corrected chi connectivity index (χ3v) is 3.50. The Labute approximate surface area is 117 Å². The van der Waals surface area contributed by atoms with Crippen LogP contribution in [0.1, 0.15) is 11.6 Å². The smallest absolute Gasteiger partial charge is 0.258 e. The SMILES string of the molecule is COc1cc(OC)cc([C@H](C(F)F)N2CCNCC2)c1. The Morgan fingerprint density at radius 3 is 2.05 bits per heavy atom. The van der Waals surface area contributed by atoms with Crippen LogP contribution in [0.2, 0.25) is 0 Å². The molecule has 0 radical (unpaired) electrons. The molecule has 1 aromatic carbocycles. The number of hydrogen-bond acceptors (Lipinski definition) is 4. The van der Waals surface area contributed by atoms with Crippen molar-refractivity contribution in [1.29, 1.82) is 0 Å². The molecule has 1 fully saturated rings. The van der Waals surface area contributed by atoms with E-state index in [2.05, 4.69) is 5.32 Å². The number of hydrogen-bond donors (Lipinski definition) is 1. The molecule has 20 heavy (non-hydrogen) atoms. The molecule has 1 aromatic rings. The van der Waals surface area contributed by atoms with Gasteiger partial charge in [0.2, 0.25) is 0 Å². The number of nitrogens with one attached hydrogen (secondary N) is 1. The van der Waals surface area contributed by atoms with Gasteiger partial charge in [0.1, 0.15) is 11.5 Å². The molecule has 1 saturated heterocycles. The molecule has 0 spiro atoms. The minimum atomic E-state index is -2.45. The van der Waals surface area contributed by atoms with Gasteiger partial charge in [-0.2, -0.15) is 0 Å². The number of rotatable bonds is 5. The second-order valence-electron chi connectivity index (χ2n) is 4.71. The zero-order valence-electron chi connectivity index (χ0n) is 11.7. The predicted molar refractivity (Wildman–Crippen MR) is 72.7 cm³/mol. The molecule has 6 heteroatoms. The van der Waals surface area contributed by atoms with Crippen LogP contribution in [0.4, 0.5) is 8.78 Å². The Kier molecular flexibility index (Phi) is 5.14. The van der Waals surface area contributed by atoms with E-state index < -0.39 is 12.5 Å². The predicted octanol–water partition coefficient (Wildman–Crippen LogP) is 1.92. The Morgan fingerprint density at radius 1 is 1.05 bits per heavy atom. The molecule has 4 nitrogen and oxygen atoms in total. The summed E-state index contributed by atoms with van der Waals surface area (Å²) < 4.78 is 37.3. The standard InChI is InChI=1S/C14H20F2N2O2/c1-19-11-7-10(8-12(9-11)20-2)13(14(15)16)18-5-3-17-4-6-18/h7-9,13-14,17H,3-6H2,1-2H3/t13-/m1/s1. The first kappa shape index (κ1) is 15.0. The second kappa shape index (κ2) is 6.85. The Bertz CT molecular complexity index is 415. The number of ether oxygens (including phenoxy) is 2. The van der Waals surface area contributed by atoms with Crippen molar-refractivity contribution in [2.75, 3.05) is 40.4 Å². The van der Waals surface area contributed by atoms with E-state index in [-0.39, 0.29) is 0 Å². The summed E-state index contributed by atoms with van der Waals surface area (Å²) in [5.41, 5.74) is 0.526. The van der Waals surface area contributed by atoms with Crippen LogP contribution in [-0.2, 0) is 0 Å². The molecule has 1 heterocycles. The van der Waals surface area contributed by atoms with Crippen molar-refractivity contribution in [3.63, 3.8) is 0 Å². The van der Waals surface area contributed by atoms with Crippen molar-refractivity contribution < 1.29 is 18.3 Å². The summed E-state index contributed by atoms with van der Waals surface area (Å²) in [5, 5.41) is 3.17. The molecule has 0 unspecified atom stereocenters. The van der Waals surface area contributed by atoms with E-state index in [4.69, 9.17) is 9.47 Å². The largest absolute Gasteiger partial charge is 0.497 e. The van der Waals surface area contributed by atoms with Gasteiger partial charge in [-0.15, -0.1) is 0 Å². The van der Waals surface area contributed by atoms with Gasteiger partial charge < -0.3 is 14.8 Å². The minimum absolute atomic E-state index is 0.526. The summed E-state index contributed by atoms with van der Waals surface area (Å²) in [6, 6.07) is 4.06. The molecule has 1 atom stereocenters. The first-order chi connectivity index (χ1) is 9.65. The van der Waals surface area contributed by atoms with E-state index in [9.17, 15) is 8.78 Å². The number of halogens is 2. The molecule has 1 N–H and O–H groups in total. The normalized spacial score (nSPS) is 18.1. The average Bonchev–Trinajstić information content (AvgIpc) is 2.47. The van der Waals surface area contributed by atoms with Gasteiger partial charge in [0.25, 0.3) is 6.43 Å². The second-order valence-corrected chi connectivity index (χ2v) is 4.71.